The molecule has 1 N–H and O–H groups in total. The maximum absolute atomic E-state index is 5.68. The molecular weight excluding hydrogens is 350 g/mol. The molecule has 1 fully saturated rings. The Bertz CT molecular complexity index is 777. The van der Waals surface area contributed by atoms with Gasteiger partial charge in [-0.15, -0.1) is 0 Å². The molecule has 2 aromatic carbocycles. The first-order valence-electron chi connectivity index (χ1n) is 10.0. The second kappa shape index (κ2) is 10.2. The Kier molecular flexibility index (Phi) is 7.38. The van der Waals surface area contributed by atoms with Crippen LogP contribution in [0.3, 0.4) is 0 Å². The molecule has 28 heavy (non-hydrogen) atoms. The molecule has 2 aromatic rings. The minimum atomic E-state index is 0.596. The van der Waals surface area contributed by atoms with Crippen molar-refractivity contribution >= 4 is 12.2 Å². The Balaban J connectivity index is 1.84. The van der Waals surface area contributed by atoms with Gasteiger partial charge in [-0.1, -0.05) is 43.5 Å². The van der Waals surface area contributed by atoms with Crippen LogP contribution in [0.5, 0.6) is 17.2 Å². The van der Waals surface area contributed by atoms with E-state index < -0.39 is 0 Å². The molecule has 3 rings (SSSR count). The molecular formula is C24H31NO3. The van der Waals surface area contributed by atoms with Gasteiger partial charge in [0, 0.05) is 24.2 Å². The number of hydrogen-bond acceptors (Lipinski definition) is 4. The third-order valence-electron chi connectivity index (χ3n) is 5.42. The number of ether oxygens (including phenoxy) is 3. The standard InChI is InChI=1S/C24H31NO3/c1-26-21-13-10-18(11-14-21)9-12-19-15-22(27-2)16-24(28-3)23(19)17-25-20-7-5-4-6-8-20/h9-16,20,25H,4-8,17H2,1-3H3/b12-9+. The normalized spacial score (nSPS) is 15.0. The van der Waals surface area contributed by atoms with Gasteiger partial charge in [-0.25, -0.2) is 0 Å². The number of benzene rings is 2. The van der Waals surface area contributed by atoms with Crippen LogP contribution in [-0.2, 0) is 6.54 Å². The van der Waals surface area contributed by atoms with Crippen molar-refractivity contribution in [2.75, 3.05) is 21.3 Å². The largest absolute Gasteiger partial charge is 0.497 e. The van der Waals surface area contributed by atoms with Crippen LogP contribution in [0.25, 0.3) is 12.2 Å². The summed E-state index contributed by atoms with van der Waals surface area (Å²) in [5.41, 5.74) is 3.39. The fraction of sp³-hybridized carbons (Fsp3) is 0.417. The van der Waals surface area contributed by atoms with Crippen molar-refractivity contribution < 1.29 is 14.2 Å². The summed E-state index contributed by atoms with van der Waals surface area (Å²) >= 11 is 0. The Morgan fingerprint density at radius 1 is 0.857 bits per heavy atom. The molecule has 0 amide bonds. The zero-order valence-electron chi connectivity index (χ0n) is 17.2. The quantitative estimate of drug-likeness (QED) is 0.630. The van der Waals surface area contributed by atoms with Gasteiger partial charge in [0.05, 0.1) is 21.3 Å². The highest BCUT2D eigenvalue weighted by Gasteiger charge is 2.16. The molecule has 1 saturated carbocycles. The first-order valence-corrected chi connectivity index (χ1v) is 10.0. The minimum absolute atomic E-state index is 0.596. The average Bonchev–Trinajstić information content (AvgIpc) is 2.77. The molecule has 0 bridgehead atoms. The summed E-state index contributed by atoms with van der Waals surface area (Å²) in [5, 5.41) is 3.73. The lowest BCUT2D eigenvalue weighted by Crippen LogP contribution is -2.30. The van der Waals surface area contributed by atoms with E-state index in [0.717, 1.165) is 34.9 Å². The fourth-order valence-corrected chi connectivity index (χ4v) is 3.73. The maximum Gasteiger partial charge on any atom is 0.127 e. The summed E-state index contributed by atoms with van der Waals surface area (Å²) in [6.07, 6.45) is 10.8. The second-order valence-corrected chi connectivity index (χ2v) is 7.22. The van der Waals surface area contributed by atoms with Gasteiger partial charge in [-0.3, -0.25) is 0 Å². The minimum Gasteiger partial charge on any atom is -0.497 e. The SMILES string of the molecule is COc1ccc(/C=C/c2cc(OC)cc(OC)c2CNC2CCCCC2)cc1. The van der Waals surface area contributed by atoms with E-state index in [1.54, 1.807) is 21.3 Å². The number of methoxy groups -OCH3 is 3. The molecule has 4 heteroatoms. The van der Waals surface area contributed by atoms with Crippen molar-refractivity contribution in [2.45, 2.75) is 44.7 Å². The van der Waals surface area contributed by atoms with Crippen molar-refractivity contribution in [1.82, 2.24) is 5.32 Å². The predicted octanol–water partition coefficient (Wildman–Crippen LogP) is 5.31. The first kappa shape index (κ1) is 20.3. The Hall–Kier alpha value is -2.46. The van der Waals surface area contributed by atoms with E-state index in [1.165, 1.54) is 37.7 Å². The summed E-state index contributed by atoms with van der Waals surface area (Å²) in [6, 6.07) is 12.7. The first-order chi connectivity index (χ1) is 13.7. The van der Waals surface area contributed by atoms with Crippen molar-refractivity contribution in [1.29, 1.82) is 0 Å². The highest BCUT2D eigenvalue weighted by Crippen LogP contribution is 2.31. The molecule has 0 heterocycles. The lowest BCUT2D eigenvalue weighted by Gasteiger charge is -2.24. The van der Waals surface area contributed by atoms with E-state index >= 15 is 0 Å². The van der Waals surface area contributed by atoms with E-state index in [-0.39, 0.29) is 0 Å². The van der Waals surface area contributed by atoms with Crippen molar-refractivity contribution in [3.63, 3.8) is 0 Å². The molecule has 0 aliphatic heterocycles. The zero-order chi connectivity index (χ0) is 19.8. The van der Waals surface area contributed by atoms with Gasteiger partial charge in [0.15, 0.2) is 0 Å². The Labute approximate surface area is 168 Å². The van der Waals surface area contributed by atoms with Crippen LogP contribution < -0.4 is 19.5 Å². The number of nitrogens with one attached hydrogen (secondary N) is 1. The van der Waals surface area contributed by atoms with Crippen molar-refractivity contribution in [2.24, 2.45) is 0 Å². The van der Waals surface area contributed by atoms with Crippen molar-refractivity contribution in [3.05, 3.63) is 53.1 Å². The van der Waals surface area contributed by atoms with Gasteiger partial charge in [0.2, 0.25) is 0 Å². The lowest BCUT2D eigenvalue weighted by atomic mass is 9.95. The molecule has 0 aromatic heterocycles. The number of hydrogen-bond donors (Lipinski definition) is 1. The van der Waals surface area contributed by atoms with Gasteiger partial charge in [0.25, 0.3) is 0 Å². The molecule has 0 atom stereocenters. The van der Waals surface area contributed by atoms with E-state index in [0.29, 0.717) is 6.04 Å². The van der Waals surface area contributed by atoms with Crippen LogP contribution >= 0.6 is 0 Å². The second-order valence-electron chi connectivity index (χ2n) is 7.22. The highest BCUT2D eigenvalue weighted by molar-refractivity contribution is 5.73. The molecule has 150 valence electrons. The third kappa shape index (κ3) is 5.29. The van der Waals surface area contributed by atoms with E-state index in [4.69, 9.17) is 14.2 Å². The van der Waals surface area contributed by atoms with Crippen LogP contribution in [0.2, 0.25) is 0 Å². The van der Waals surface area contributed by atoms with Crippen LogP contribution in [0, 0.1) is 0 Å². The van der Waals surface area contributed by atoms with Crippen LogP contribution in [0.4, 0.5) is 0 Å². The average molecular weight is 382 g/mol. The van der Waals surface area contributed by atoms with Gasteiger partial charge >= 0.3 is 0 Å². The molecule has 1 aliphatic rings. The van der Waals surface area contributed by atoms with Crippen molar-refractivity contribution in [3.8, 4) is 17.2 Å². The Morgan fingerprint density at radius 2 is 1.57 bits per heavy atom. The summed E-state index contributed by atoms with van der Waals surface area (Å²) in [5.74, 6) is 2.52. The van der Waals surface area contributed by atoms with E-state index in [2.05, 4.69) is 23.5 Å². The molecule has 1 aliphatic carbocycles. The van der Waals surface area contributed by atoms with Crippen LogP contribution in [-0.4, -0.2) is 27.4 Å². The topological polar surface area (TPSA) is 39.7 Å². The van der Waals surface area contributed by atoms with Crippen LogP contribution in [0.1, 0.15) is 48.8 Å². The summed E-state index contributed by atoms with van der Waals surface area (Å²) in [7, 11) is 5.08. The zero-order valence-corrected chi connectivity index (χ0v) is 17.2. The molecule has 0 radical (unpaired) electrons. The smallest absolute Gasteiger partial charge is 0.127 e. The summed E-state index contributed by atoms with van der Waals surface area (Å²) in [6.45, 7) is 0.792. The number of rotatable bonds is 8. The maximum atomic E-state index is 5.68. The molecule has 0 spiro atoms. The Morgan fingerprint density at radius 3 is 2.21 bits per heavy atom. The van der Waals surface area contributed by atoms with E-state index in [1.807, 2.05) is 30.3 Å². The highest BCUT2D eigenvalue weighted by atomic mass is 16.5. The van der Waals surface area contributed by atoms with Gasteiger partial charge in [-0.2, -0.15) is 0 Å². The fourth-order valence-electron chi connectivity index (χ4n) is 3.73. The summed E-state index contributed by atoms with van der Waals surface area (Å²) < 4.78 is 16.4. The van der Waals surface area contributed by atoms with Gasteiger partial charge in [0.1, 0.15) is 17.2 Å². The monoisotopic (exact) mass is 381 g/mol. The van der Waals surface area contributed by atoms with E-state index in [9.17, 15) is 0 Å². The molecule has 0 unspecified atom stereocenters. The summed E-state index contributed by atoms with van der Waals surface area (Å²) in [4.78, 5) is 0. The lowest BCUT2D eigenvalue weighted by molar-refractivity contribution is 0.363. The molecule has 0 saturated heterocycles. The van der Waals surface area contributed by atoms with Gasteiger partial charge in [-0.05, 0) is 42.2 Å². The predicted molar refractivity (Wildman–Crippen MR) is 115 cm³/mol. The van der Waals surface area contributed by atoms with Crippen LogP contribution in [0.15, 0.2) is 36.4 Å². The third-order valence-corrected chi connectivity index (χ3v) is 5.42. The van der Waals surface area contributed by atoms with Gasteiger partial charge < -0.3 is 19.5 Å². The molecule has 4 nitrogen and oxygen atoms in total.